The average molecular weight is 378 g/mol. The minimum Gasteiger partial charge on any atom is -0.504 e. The van der Waals surface area contributed by atoms with E-state index in [1.165, 1.54) is 5.56 Å². The van der Waals surface area contributed by atoms with Gasteiger partial charge in [-0.3, -0.25) is 0 Å². The molecule has 2 N–H and O–H groups in total. The van der Waals surface area contributed by atoms with Crippen molar-refractivity contribution in [2.45, 2.75) is 39.2 Å². The predicted octanol–water partition coefficient (Wildman–Crippen LogP) is 3.32. The molecule has 0 spiro atoms. The molecule has 1 aromatic carbocycles. The Labute approximate surface area is 158 Å². The zero-order valence-corrected chi connectivity index (χ0v) is 16.1. The summed E-state index contributed by atoms with van der Waals surface area (Å²) in [6, 6.07) is 8.29. The van der Waals surface area contributed by atoms with E-state index < -0.39 is 0 Å². The van der Waals surface area contributed by atoms with E-state index in [2.05, 4.69) is 46.5 Å². The van der Waals surface area contributed by atoms with Crippen LogP contribution < -0.4 is 5.32 Å². The molecule has 1 atom stereocenters. The van der Waals surface area contributed by atoms with Crippen LogP contribution >= 0.6 is 12.4 Å². The Morgan fingerprint density at radius 1 is 1.19 bits per heavy atom. The SMILES string of the molecule is CNC(C)Cc1noc(-c2nn(-c3ccc(C(C)C)cc3)cc2O)n1.Cl. The summed E-state index contributed by atoms with van der Waals surface area (Å²) in [7, 11) is 1.88. The quantitative estimate of drug-likeness (QED) is 0.685. The third-order valence-electron chi connectivity index (χ3n) is 4.17. The zero-order chi connectivity index (χ0) is 18.0. The van der Waals surface area contributed by atoms with Crippen LogP contribution in [-0.4, -0.2) is 38.1 Å². The number of nitrogens with one attached hydrogen (secondary N) is 1. The van der Waals surface area contributed by atoms with Crippen molar-refractivity contribution in [2.75, 3.05) is 7.05 Å². The monoisotopic (exact) mass is 377 g/mol. The van der Waals surface area contributed by atoms with Gasteiger partial charge >= 0.3 is 0 Å². The third-order valence-corrected chi connectivity index (χ3v) is 4.17. The van der Waals surface area contributed by atoms with Crippen LogP contribution in [0.5, 0.6) is 5.75 Å². The van der Waals surface area contributed by atoms with Crippen LogP contribution in [0.4, 0.5) is 0 Å². The van der Waals surface area contributed by atoms with Gasteiger partial charge in [0.25, 0.3) is 5.89 Å². The van der Waals surface area contributed by atoms with Crippen molar-refractivity contribution in [3.8, 4) is 23.0 Å². The molecule has 1 unspecified atom stereocenters. The minimum absolute atomic E-state index is 0. The molecule has 2 heterocycles. The van der Waals surface area contributed by atoms with Crippen LogP contribution in [-0.2, 0) is 6.42 Å². The molecule has 0 saturated carbocycles. The van der Waals surface area contributed by atoms with Crippen LogP contribution in [0, 0.1) is 0 Å². The maximum absolute atomic E-state index is 10.2. The second-order valence-electron chi connectivity index (χ2n) is 6.46. The summed E-state index contributed by atoms with van der Waals surface area (Å²) < 4.78 is 6.86. The smallest absolute Gasteiger partial charge is 0.282 e. The van der Waals surface area contributed by atoms with E-state index in [4.69, 9.17) is 4.52 Å². The van der Waals surface area contributed by atoms with Crippen LogP contribution in [0.3, 0.4) is 0 Å². The molecule has 0 fully saturated rings. The third kappa shape index (κ3) is 4.23. The zero-order valence-electron chi connectivity index (χ0n) is 15.3. The fourth-order valence-corrected chi connectivity index (χ4v) is 2.47. The van der Waals surface area contributed by atoms with Gasteiger partial charge in [-0.1, -0.05) is 31.1 Å². The molecule has 7 nitrogen and oxygen atoms in total. The maximum Gasteiger partial charge on any atom is 0.282 e. The van der Waals surface area contributed by atoms with Crippen molar-refractivity contribution in [1.82, 2.24) is 25.2 Å². The van der Waals surface area contributed by atoms with Gasteiger partial charge in [0.1, 0.15) is 0 Å². The molecule has 8 heteroatoms. The second-order valence-corrected chi connectivity index (χ2v) is 6.46. The molecule has 0 bridgehead atoms. The van der Waals surface area contributed by atoms with Crippen LogP contribution in [0.25, 0.3) is 17.3 Å². The molecule has 0 amide bonds. The Bertz CT molecular complexity index is 842. The molecule has 2 aromatic heterocycles. The van der Waals surface area contributed by atoms with Crippen LogP contribution in [0.2, 0.25) is 0 Å². The number of nitrogens with zero attached hydrogens (tertiary/aromatic N) is 4. The van der Waals surface area contributed by atoms with Gasteiger partial charge < -0.3 is 14.9 Å². The number of hydrogen-bond acceptors (Lipinski definition) is 6. The first-order valence-electron chi connectivity index (χ1n) is 8.37. The lowest BCUT2D eigenvalue weighted by molar-refractivity contribution is 0.412. The number of rotatable bonds is 6. The highest BCUT2D eigenvalue weighted by Gasteiger charge is 2.19. The van der Waals surface area contributed by atoms with Gasteiger partial charge in [0.15, 0.2) is 17.3 Å². The Balaban J connectivity index is 0.00000243. The summed E-state index contributed by atoms with van der Waals surface area (Å²) >= 11 is 0. The Morgan fingerprint density at radius 2 is 1.88 bits per heavy atom. The normalized spacial score (nSPS) is 12.2. The topological polar surface area (TPSA) is 89.0 Å². The van der Waals surface area contributed by atoms with Gasteiger partial charge in [0, 0.05) is 12.5 Å². The number of likely N-dealkylation sites (N-methyl/N-ethyl adjacent to an activating group) is 1. The van der Waals surface area contributed by atoms with Gasteiger partial charge in [0.2, 0.25) is 0 Å². The van der Waals surface area contributed by atoms with Gasteiger partial charge in [-0.2, -0.15) is 10.1 Å². The van der Waals surface area contributed by atoms with E-state index in [-0.39, 0.29) is 35.8 Å². The summed E-state index contributed by atoms with van der Waals surface area (Å²) in [4.78, 5) is 4.32. The summed E-state index contributed by atoms with van der Waals surface area (Å²) in [6.45, 7) is 6.33. The molecule has 3 aromatic rings. The fraction of sp³-hybridized carbons (Fsp3) is 0.389. The van der Waals surface area contributed by atoms with Gasteiger partial charge in [0.05, 0.1) is 11.9 Å². The lowest BCUT2D eigenvalue weighted by atomic mass is 10.0. The molecule has 0 saturated heterocycles. The van der Waals surface area contributed by atoms with Crippen molar-refractivity contribution in [1.29, 1.82) is 0 Å². The second kappa shape index (κ2) is 8.33. The van der Waals surface area contributed by atoms with E-state index in [1.807, 2.05) is 26.1 Å². The van der Waals surface area contributed by atoms with Crippen molar-refractivity contribution in [2.24, 2.45) is 0 Å². The maximum atomic E-state index is 10.2. The Kier molecular flexibility index (Phi) is 6.39. The highest BCUT2D eigenvalue weighted by molar-refractivity contribution is 5.85. The lowest BCUT2D eigenvalue weighted by Crippen LogP contribution is -2.24. The van der Waals surface area contributed by atoms with Crippen molar-refractivity contribution in [3.63, 3.8) is 0 Å². The molecule has 26 heavy (non-hydrogen) atoms. The van der Waals surface area contributed by atoms with Crippen LogP contribution in [0.1, 0.15) is 38.1 Å². The standard InChI is InChI=1S/C18H23N5O2.ClH/c1-11(2)13-5-7-14(8-6-13)23-10-15(24)17(21-23)18-20-16(22-25-18)9-12(3)19-4;/h5-8,10-12,19,24H,9H2,1-4H3;1H. The predicted molar refractivity (Wildman–Crippen MR) is 102 cm³/mol. The number of hydrogen-bond donors (Lipinski definition) is 2. The molecular weight excluding hydrogens is 354 g/mol. The highest BCUT2D eigenvalue weighted by Crippen LogP contribution is 2.28. The Hall–Kier alpha value is -2.38. The summed E-state index contributed by atoms with van der Waals surface area (Å²) in [5.41, 5.74) is 2.39. The number of halogens is 1. The van der Waals surface area contributed by atoms with Crippen molar-refractivity contribution in [3.05, 3.63) is 41.9 Å². The van der Waals surface area contributed by atoms with Crippen molar-refractivity contribution >= 4 is 12.4 Å². The molecule has 3 rings (SSSR count). The first kappa shape index (κ1) is 19.9. The number of aromatic nitrogens is 4. The molecule has 0 aliphatic heterocycles. The summed E-state index contributed by atoms with van der Waals surface area (Å²) in [5.74, 6) is 1.26. The van der Waals surface area contributed by atoms with Crippen molar-refractivity contribution < 1.29 is 9.63 Å². The number of aromatic hydroxyl groups is 1. The van der Waals surface area contributed by atoms with E-state index in [0.29, 0.717) is 18.2 Å². The highest BCUT2D eigenvalue weighted by atomic mass is 35.5. The van der Waals surface area contributed by atoms with E-state index in [0.717, 1.165) is 5.69 Å². The van der Waals surface area contributed by atoms with E-state index in [9.17, 15) is 5.11 Å². The minimum atomic E-state index is 0. The number of benzene rings is 1. The van der Waals surface area contributed by atoms with Gasteiger partial charge in [-0.25, -0.2) is 4.68 Å². The fourth-order valence-electron chi connectivity index (χ4n) is 2.47. The molecule has 0 radical (unpaired) electrons. The first-order valence-corrected chi connectivity index (χ1v) is 8.37. The summed E-state index contributed by atoms with van der Waals surface area (Å²) in [5, 5.41) is 21.7. The van der Waals surface area contributed by atoms with Gasteiger partial charge in [-0.05, 0) is 37.6 Å². The lowest BCUT2D eigenvalue weighted by Gasteiger charge is -2.06. The molecule has 0 aliphatic rings. The molecule has 140 valence electrons. The average Bonchev–Trinajstić information content (AvgIpc) is 3.21. The van der Waals surface area contributed by atoms with Crippen LogP contribution in [0.15, 0.2) is 35.0 Å². The summed E-state index contributed by atoms with van der Waals surface area (Å²) in [6.07, 6.45) is 2.18. The Morgan fingerprint density at radius 3 is 2.50 bits per heavy atom. The van der Waals surface area contributed by atoms with E-state index in [1.54, 1.807) is 10.9 Å². The first-order chi connectivity index (χ1) is 12.0. The largest absolute Gasteiger partial charge is 0.504 e. The molecular formula is C18H24ClN5O2. The molecule has 0 aliphatic carbocycles. The van der Waals surface area contributed by atoms with Gasteiger partial charge in [-0.15, -0.1) is 12.4 Å². The van der Waals surface area contributed by atoms with E-state index >= 15 is 0 Å².